The number of nitrogens with zero attached hydrogens (tertiary/aromatic N) is 4. The Kier molecular flexibility index (Phi) is 10.8. The van der Waals surface area contributed by atoms with Crippen LogP contribution in [-0.2, 0) is 43.7 Å². The number of hydrogen-bond donors (Lipinski definition) is 2. The maximum Gasteiger partial charge on any atom is 0.417 e. The van der Waals surface area contributed by atoms with Crippen LogP contribution in [0.25, 0.3) is 0 Å². The molecule has 2 N–H and O–H groups in total. The predicted octanol–water partition coefficient (Wildman–Crippen LogP) is 8.49. The van der Waals surface area contributed by atoms with E-state index in [-0.39, 0.29) is 48.7 Å². The number of para-hydroxylation sites is 1. The number of phenolic OH excluding ortho intramolecular Hbond substituents is 1. The third-order valence-electron chi connectivity index (χ3n) is 13.6. The van der Waals surface area contributed by atoms with Gasteiger partial charge in [-0.3, -0.25) is 34.4 Å². The van der Waals surface area contributed by atoms with Crippen molar-refractivity contribution in [3.05, 3.63) is 147 Å². The third kappa shape index (κ3) is 6.80. The van der Waals surface area contributed by atoms with Crippen LogP contribution in [0.1, 0.15) is 59.4 Å². The summed E-state index contributed by atoms with van der Waals surface area (Å²) in [5.41, 5.74) is 2.78. The van der Waals surface area contributed by atoms with Crippen LogP contribution < -0.4 is 5.43 Å². The first-order chi connectivity index (χ1) is 29.7. The van der Waals surface area contributed by atoms with Crippen LogP contribution >= 0.6 is 23.2 Å². The molecule has 3 saturated heterocycles. The average Bonchev–Trinajstić information content (AvgIpc) is 3.63. The number of hydrogen-bond acceptors (Lipinski definition) is 8. The van der Waals surface area contributed by atoms with Gasteiger partial charge < -0.3 is 5.11 Å². The highest BCUT2D eigenvalue weighted by Gasteiger charge is 2.71. The number of fused-ring (bicyclic) bond motifs is 4. The number of rotatable bonds is 9. The summed E-state index contributed by atoms with van der Waals surface area (Å²) in [4.78, 5) is 67.5. The maximum absolute atomic E-state index is 15.5. The Morgan fingerprint density at radius 2 is 1.65 bits per heavy atom. The Hall–Kier alpha value is -5.50. The molecule has 4 fully saturated rings. The zero-order valence-corrected chi connectivity index (χ0v) is 34.8. The highest BCUT2D eigenvalue weighted by atomic mass is 35.5. The standard InChI is InChI=1S/C47H42Cl2F3N5O5/c1-2-7-27-10-6-11-34(40(27)58)39-32-16-17-33-38(44(61)56(42(33)59)31-18-20-55(21-19-31)25-26-8-4-3-5-9-26)35(32)23-36-43(60)57(45(62)46(36,39)28-12-14-30(48)15-13-28)54-41-37(49)22-29(24-53-41)47(50,51)52/h2-6,8-16,22,24,31,33,35-36,38-39,58H,1,7,17-21,23,25H2,(H,53,54)/t33-,35+,36-,38-,39+,46+/m0/s1. The summed E-state index contributed by atoms with van der Waals surface area (Å²) in [5.74, 6) is -7.06. The molecule has 0 radical (unpaired) electrons. The number of alkyl halides is 3. The monoisotopic (exact) mass is 883 g/mol. The van der Waals surface area contributed by atoms with E-state index in [0.29, 0.717) is 65.5 Å². The summed E-state index contributed by atoms with van der Waals surface area (Å²) in [5, 5.41) is 12.7. The number of benzene rings is 3. The molecule has 0 spiro atoms. The van der Waals surface area contributed by atoms with Crippen molar-refractivity contribution in [1.29, 1.82) is 0 Å². The number of aromatic hydroxyl groups is 1. The molecule has 4 heterocycles. The first-order valence-corrected chi connectivity index (χ1v) is 21.4. The molecule has 3 aromatic carbocycles. The molecule has 6 atom stereocenters. The van der Waals surface area contributed by atoms with Crippen LogP contribution in [0.3, 0.4) is 0 Å². The number of aromatic nitrogens is 1. The lowest BCUT2D eigenvalue weighted by Gasteiger charge is -2.50. The number of pyridine rings is 1. The van der Waals surface area contributed by atoms with E-state index in [1.165, 1.54) is 10.5 Å². The van der Waals surface area contributed by atoms with Gasteiger partial charge in [-0.1, -0.05) is 102 Å². The molecular weight excluding hydrogens is 842 g/mol. The number of nitrogens with one attached hydrogen (secondary N) is 1. The first-order valence-electron chi connectivity index (χ1n) is 20.6. The molecule has 3 aliphatic heterocycles. The number of phenols is 1. The Bertz CT molecular complexity index is 2510. The van der Waals surface area contributed by atoms with E-state index in [4.69, 9.17) is 23.2 Å². The van der Waals surface area contributed by atoms with Crippen molar-refractivity contribution >= 4 is 52.6 Å². The van der Waals surface area contributed by atoms with Crippen molar-refractivity contribution < 1.29 is 37.5 Å². The SMILES string of the molecule is C=CCc1cccc([C@H]2C3=CC[C@@H]4C(=O)N(C5CCN(Cc6ccccc6)CC5)C(=O)[C@@H]4[C@@H]3C[C@H]3C(=O)N(Nc4ncc(C(F)(F)F)cc4Cl)C(=O)[C@@]23c2ccc(Cl)cc2)c1O. The summed E-state index contributed by atoms with van der Waals surface area (Å²) in [7, 11) is 0. The van der Waals surface area contributed by atoms with Gasteiger partial charge in [-0.2, -0.15) is 18.2 Å². The van der Waals surface area contributed by atoms with Gasteiger partial charge in [0.25, 0.3) is 11.8 Å². The van der Waals surface area contributed by atoms with Crippen LogP contribution in [0.4, 0.5) is 19.0 Å². The van der Waals surface area contributed by atoms with Crippen LogP contribution in [0.5, 0.6) is 5.75 Å². The second-order valence-electron chi connectivity index (χ2n) is 16.8. The van der Waals surface area contributed by atoms with Gasteiger partial charge in [0.2, 0.25) is 11.8 Å². The van der Waals surface area contributed by atoms with Crippen molar-refractivity contribution in [3.8, 4) is 5.75 Å². The molecule has 1 saturated carbocycles. The van der Waals surface area contributed by atoms with E-state index in [9.17, 15) is 27.9 Å². The molecule has 9 rings (SSSR count). The van der Waals surface area contributed by atoms with Gasteiger partial charge in [-0.25, -0.2) is 4.98 Å². The van der Waals surface area contributed by atoms with Crippen LogP contribution in [0.15, 0.2) is 109 Å². The first kappa shape index (κ1) is 41.8. The van der Waals surface area contributed by atoms with Crippen molar-refractivity contribution in [2.75, 3.05) is 18.5 Å². The van der Waals surface area contributed by atoms with Gasteiger partial charge in [-0.05, 0) is 72.9 Å². The molecule has 5 aliphatic rings. The van der Waals surface area contributed by atoms with E-state index in [1.807, 2.05) is 24.3 Å². The minimum Gasteiger partial charge on any atom is -0.507 e. The van der Waals surface area contributed by atoms with E-state index in [2.05, 4.69) is 34.0 Å². The lowest BCUT2D eigenvalue weighted by atomic mass is 9.49. The second-order valence-corrected chi connectivity index (χ2v) is 17.6. The minimum atomic E-state index is -4.76. The van der Waals surface area contributed by atoms with Crippen molar-refractivity contribution in [2.24, 2.45) is 23.7 Å². The normalized spacial score (nSPS) is 26.6. The smallest absolute Gasteiger partial charge is 0.417 e. The summed E-state index contributed by atoms with van der Waals surface area (Å²) in [6, 6.07) is 22.1. The van der Waals surface area contributed by atoms with Gasteiger partial charge in [0.1, 0.15) is 5.75 Å². The second kappa shape index (κ2) is 16.0. The third-order valence-corrected chi connectivity index (χ3v) is 14.1. The molecular formula is C47H42Cl2F3N5O5. The van der Waals surface area contributed by atoms with Crippen LogP contribution in [-0.4, -0.2) is 67.7 Å². The molecule has 0 bridgehead atoms. The molecule has 320 valence electrons. The number of likely N-dealkylation sites (tertiary alicyclic amines) is 2. The molecule has 0 unspecified atom stereocenters. The molecule has 15 heteroatoms. The number of imide groups is 2. The van der Waals surface area contributed by atoms with Gasteiger partial charge in [0.15, 0.2) is 5.82 Å². The number of amides is 4. The summed E-state index contributed by atoms with van der Waals surface area (Å²) >= 11 is 12.7. The van der Waals surface area contributed by atoms with E-state index in [1.54, 1.807) is 48.5 Å². The van der Waals surface area contributed by atoms with Crippen molar-refractivity contribution in [1.82, 2.24) is 19.8 Å². The zero-order valence-electron chi connectivity index (χ0n) is 33.3. The van der Waals surface area contributed by atoms with Crippen LogP contribution in [0, 0.1) is 23.7 Å². The molecule has 1 aromatic heterocycles. The summed E-state index contributed by atoms with van der Waals surface area (Å²) in [6.45, 7) is 6.00. The summed E-state index contributed by atoms with van der Waals surface area (Å²) in [6.07, 6.45) is 0.997. The molecule has 10 nitrogen and oxygen atoms in total. The zero-order chi connectivity index (χ0) is 43.7. The Morgan fingerprint density at radius 3 is 2.32 bits per heavy atom. The van der Waals surface area contributed by atoms with E-state index >= 15 is 9.59 Å². The molecule has 2 aliphatic carbocycles. The fourth-order valence-corrected chi connectivity index (χ4v) is 11.2. The lowest BCUT2D eigenvalue weighted by Crippen LogP contribution is -2.53. The Labute approximate surface area is 366 Å². The number of anilines is 1. The largest absolute Gasteiger partial charge is 0.507 e. The number of carbonyl (C=O) groups is 4. The number of hydrazine groups is 1. The maximum atomic E-state index is 15.5. The summed E-state index contributed by atoms with van der Waals surface area (Å²) < 4.78 is 40.8. The molecule has 4 amide bonds. The Balaban J connectivity index is 1.13. The number of halogens is 5. The number of allylic oxidation sites excluding steroid dienone is 3. The predicted molar refractivity (Wildman–Crippen MR) is 225 cm³/mol. The van der Waals surface area contributed by atoms with Crippen molar-refractivity contribution in [3.63, 3.8) is 0 Å². The van der Waals surface area contributed by atoms with Crippen molar-refractivity contribution in [2.45, 2.75) is 62.2 Å². The Morgan fingerprint density at radius 1 is 0.919 bits per heavy atom. The fourth-order valence-electron chi connectivity index (χ4n) is 10.9. The highest BCUT2D eigenvalue weighted by molar-refractivity contribution is 6.33. The van der Waals surface area contributed by atoms with E-state index in [0.717, 1.165) is 11.6 Å². The van der Waals surface area contributed by atoms with E-state index < -0.39 is 63.6 Å². The van der Waals surface area contributed by atoms with Gasteiger partial charge in [0.05, 0.1) is 33.8 Å². The highest BCUT2D eigenvalue weighted by Crippen LogP contribution is 2.65. The topological polar surface area (TPSA) is 123 Å². The number of piperidine rings is 1. The van der Waals surface area contributed by atoms with Gasteiger partial charge in [0, 0.05) is 48.4 Å². The average molecular weight is 885 g/mol. The molecule has 4 aromatic rings. The fraction of sp³-hybridized carbons (Fsp3) is 0.340. The lowest BCUT2D eigenvalue weighted by molar-refractivity contribution is -0.144. The van der Waals surface area contributed by atoms with Crippen LogP contribution in [0.2, 0.25) is 10.0 Å². The minimum absolute atomic E-state index is 0.0292. The van der Waals surface area contributed by atoms with Gasteiger partial charge >= 0.3 is 6.18 Å². The van der Waals surface area contributed by atoms with Gasteiger partial charge in [-0.15, -0.1) is 6.58 Å². The quantitative estimate of drug-likeness (QED) is 0.127. The number of carbonyl (C=O) groups excluding carboxylic acids is 4. The molecule has 62 heavy (non-hydrogen) atoms.